The minimum Gasteiger partial charge on any atom is -0.465 e. The van der Waals surface area contributed by atoms with Crippen LogP contribution in [0.3, 0.4) is 0 Å². The molecule has 26 heavy (non-hydrogen) atoms. The van der Waals surface area contributed by atoms with E-state index >= 15 is 0 Å². The Morgan fingerprint density at radius 3 is 2.65 bits per heavy atom. The summed E-state index contributed by atoms with van der Waals surface area (Å²) in [6, 6.07) is 11.4. The maximum atomic E-state index is 12.0. The molecule has 1 heterocycles. The number of carbonyl (C=O) groups excluding carboxylic acids is 3. The predicted molar refractivity (Wildman–Crippen MR) is 90.8 cm³/mol. The Balaban J connectivity index is 1.56. The van der Waals surface area contributed by atoms with Gasteiger partial charge in [-0.1, -0.05) is 12.1 Å². The molecular weight excluding hydrogens is 340 g/mol. The maximum absolute atomic E-state index is 12.0. The monoisotopic (exact) mass is 356 g/mol. The van der Waals surface area contributed by atoms with E-state index in [0.717, 1.165) is 5.56 Å². The highest BCUT2D eigenvalue weighted by molar-refractivity contribution is 6.39. The van der Waals surface area contributed by atoms with Crippen molar-refractivity contribution in [3.8, 4) is 11.5 Å². The largest absolute Gasteiger partial charge is 0.465 e. The molecule has 0 radical (unpaired) electrons. The molecule has 8 nitrogen and oxygen atoms in total. The summed E-state index contributed by atoms with van der Waals surface area (Å²) in [5, 5.41) is 4.96. The van der Waals surface area contributed by atoms with E-state index in [1.54, 1.807) is 36.4 Å². The Kier molecular flexibility index (Phi) is 5.02. The van der Waals surface area contributed by atoms with Gasteiger partial charge in [-0.05, 0) is 35.9 Å². The summed E-state index contributed by atoms with van der Waals surface area (Å²) >= 11 is 0. The van der Waals surface area contributed by atoms with Crippen LogP contribution < -0.4 is 20.1 Å². The van der Waals surface area contributed by atoms with Gasteiger partial charge >= 0.3 is 17.8 Å². The van der Waals surface area contributed by atoms with Crippen molar-refractivity contribution >= 4 is 23.5 Å². The van der Waals surface area contributed by atoms with Crippen LogP contribution in [0.4, 0.5) is 5.69 Å². The van der Waals surface area contributed by atoms with E-state index in [4.69, 9.17) is 9.47 Å². The van der Waals surface area contributed by atoms with Crippen LogP contribution in [0.5, 0.6) is 11.5 Å². The molecule has 134 valence electrons. The zero-order valence-electron chi connectivity index (χ0n) is 13.9. The van der Waals surface area contributed by atoms with Crippen LogP contribution in [0, 0.1) is 0 Å². The molecule has 2 amide bonds. The van der Waals surface area contributed by atoms with Gasteiger partial charge in [-0.25, -0.2) is 4.79 Å². The van der Waals surface area contributed by atoms with Gasteiger partial charge in [0.15, 0.2) is 11.5 Å². The number of amides is 2. The van der Waals surface area contributed by atoms with Gasteiger partial charge in [0.1, 0.15) is 0 Å². The first-order valence-corrected chi connectivity index (χ1v) is 7.73. The lowest BCUT2D eigenvalue weighted by molar-refractivity contribution is -0.136. The normalized spacial score (nSPS) is 11.6. The standard InChI is InChI=1S/C18H16N2O6/c1-24-18(23)12-3-2-4-13(8-12)20-17(22)16(21)19-9-11-5-6-14-15(7-11)26-10-25-14/h2-8H,9-10H2,1H3,(H,19,21)(H,20,22). The summed E-state index contributed by atoms with van der Waals surface area (Å²) in [5.74, 6) is -0.934. The first-order chi connectivity index (χ1) is 12.6. The lowest BCUT2D eigenvalue weighted by atomic mass is 10.2. The van der Waals surface area contributed by atoms with Gasteiger partial charge in [0.25, 0.3) is 0 Å². The molecule has 2 N–H and O–H groups in total. The number of fused-ring (bicyclic) bond motifs is 1. The highest BCUT2D eigenvalue weighted by Crippen LogP contribution is 2.32. The van der Waals surface area contributed by atoms with Crippen LogP contribution >= 0.6 is 0 Å². The topological polar surface area (TPSA) is 103 Å². The van der Waals surface area contributed by atoms with Crippen molar-refractivity contribution in [2.24, 2.45) is 0 Å². The third-order valence-electron chi connectivity index (χ3n) is 3.64. The van der Waals surface area contributed by atoms with E-state index in [-0.39, 0.29) is 18.9 Å². The second-order valence-electron chi connectivity index (χ2n) is 5.40. The van der Waals surface area contributed by atoms with Crippen molar-refractivity contribution in [3.63, 3.8) is 0 Å². The molecule has 0 spiro atoms. The summed E-state index contributed by atoms with van der Waals surface area (Å²) < 4.78 is 15.1. The van der Waals surface area contributed by atoms with Gasteiger partial charge in [0.05, 0.1) is 12.7 Å². The summed E-state index contributed by atoms with van der Waals surface area (Å²) in [4.78, 5) is 35.4. The zero-order chi connectivity index (χ0) is 18.5. The molecule has 0 bridgehead atoms. The third-order valence-corrected chi connectivity index (χ3v) is 3.64. The molecule has 1 aliphatic rings. The number of hydrogen-bond donors (Lipinski definition) is 2. The average Bonchev–Trinajstić information content (AvgIpc) is 3.13. The fourth-order valence-electron chi connectivity index (χ4n) is 2.34. The predicted octanol–water partition coefficient (Wildman–Crippen LogP) is 1.46. The van der Waals surface area contributed by atoms with Crippen LogP contribution in [0.2, 0.25) is 0 Å². The summed E-state index contributed by atoms with van der Waals surface area (Å²) in [6.07, 6.45) is 0. The number of methoxy groups -OCH3 is 1. The molecular formula is C18H16N2O6. The fraction of sp³-hybridized carbons (Fsp3) is 0.167. The van der Waals surface area contributed by atoms with Gasteiger partial charge < -0.3 is 24.8 Å². The van der Waals surface area contributed by atoms with Crippen molar-refractivity contribution in [3.05, 3.63) is 53.6 Å². The van der Waals surface area contributed by atoms with E-state index in [2.05, 4.69) is 15.4 Å². The lowest BCUT2D eigenvalue weighted by Crippen LogP contribution is -2.35. The Hall–Kier alpha value is -3.55. The Morgan fingerprint density at radius 1 is 1.04 bits per heavy atom. The number of benzene rings is 2. The molecule has 0 aromatic heterocycles. The highest BCUT2D eigenvalue weighted by atomic mass is 16.7. The second kappa shape index (κ2) is 7.56. The van der Waals surface area contributed by atoms with Crippen LogP contribution in [0.15, 0.2) is 42.5 Å². The van der Waals surface area contributed by atoms with Gasteiger partial charge in [-0.15, -0.1) is 0 Å². The van der Waals surface area contributed by atoms with E-state index in [1.807, 2.05) is 0 Å². The van der Waals surface area contributed by atoms with Crippen LogP contribution in [0.1, 0.15) is 15.9 Å². The summed E-state index contributed by atoms with van der Waals surface area (Å²) in [5.41, 5.74) is 1.35. The molecule has 0 saturated carbocycles. The number of esters is 1. The number of ether oxygens (including phenoxy) is 3. The highest BCUT2D eigenvalue weighted by Gasteiger charge is 2.16. The number of rotatable bonds is 4. The molecule has 1 aliphatic heterocycles. The number of carbonyl (C=O) groups is 3. The Bertz CT molecular complexity index is 865. The number of anilines is 1. The lowest BCUT2D eigenvalue weighted by Gasteiger charge is -2.08. The smallest absolute Gasteiger partial charge is 0.337 e. The van der Waals surface area contributed by atoms with Crippen molar-refractivity contribution in [1.82, 2.24) is 5.32 Å². The van der Waals surface area contributed by atoms with Gasteiger partial charge in [-0.3, -0.25) is 9.59 Å². The molecule has 2 aromatic rings. The zero-order valence-corrected chi connectivity index (χ0v) is 13.9. The molecule has 2 aromatic carbocycles. The quantitative estimate of drug-likeness (QED) is 0.635. The molecule has 0 aliphatic carbocycles. The van der Waals surface area contributed by atoms with Gasteiger partial charge in [0.2, 0.25) is 6.79 Å². The van der Waals surface area contributed by atoms with Crippen LogP contribution in [-0.4, -0.2) is 31.7 Å². The minimum absolute atomic E-state index is 0.158. The summed E-state index contributed by atoms with van der Waals surface area (Å²) in [6.45, 7) is 0.323. The Labute approximate surface area is 149 Å². The van der Waals surface area contributed by atoms with Crippen LogP contribution in [0.25, 0.3) is 0 Å². The Morgan fingerprint density at radius 2 is 1.85 bits per heavy atom. The number of hydrogen-bond acceptors (Lipinski definition) is 6. The van der Waals surface area contributed by atoms with E-state index in [1.165, 1.54) is 13.2 Å². The maximum Gasteiger partial charge on any atom is 0.337 e. The number of nitrogens with one attached hydrogen (secondary N) is 2. The molecule has 3 rings (SSSR count). The third kappa shape index (κ3) is 3.92. The summed E-state index contributed by atoms with van der Waals surface area (Å²) in [7, 11) is 1.26. The first kappa shape index (κ1) is 17.3. The molecule has 0 atom stereocenters. The van der Waals surface area contributed by atoms with Crippen molar-refractivity contribution in [2.75, 3.05) is 19.2 Å². The van der Waals surface area contributed by atoms with Crippen LogP contribution in [-0.2, 0) is 20.9 Å². The first-order valence-electron chi connectivity index (χ1n) is 7.73. The second-order valence-corrected chi connectivity index (χ2v) is 5.40. The average molecular weight is 356 g/mol. The van der Waals surface area contributed by atoms with E-state index in [9.17, 15) is 14.4 Å². The molecule has 0 fully saturated rings. The fourth-order valence-corrected chi connectivity index (χ4v) is 2.34. The van der Waals surface area contributed by atoms with Crippen molar-refractivity contribution < 1.29 is 28.6 Å². The van der Waals surface area contributed by atoms with E-state index < -0.39 is 17.8 Å². The molecule has 0 saturated heterocycles. The van der Waals surface area contributed by atoms with E-state index in [0.29, 0.717) is 17.2 Å². The van der Waals surface area contributed by atoms with Gasteiger partial charge in [0, 0.05) is 12.2 Å². The minimum atomic E-state index is -0.840. The van der Waals surface area contributed by atoms with Crippen molar-refractivity contribution in [1.29, 1.82) is 0 Å². The van der Waals surface area contributed by atoms with Crippen molar-refractivity contribution in [2.45, 2.75) is 6.54 Å². The molecule has 0 unspecified atom stereocenters. The SMILES string of the molecule is COC(=O)c1cccc(NC(=O)C(=O)NCc2ccc3c(c2)OCO3)c1. The molecule has 8 heteroatoms. The van der Waals surface area contributed by atoms with Gasteiger partial charge in [-0.2, -0.15) is 0 Å².